The molecule has 0 bridgehead atoms. The lowest BCUT2D eigenvalue weighted by Gasteiger charge is -2.05. The molecule has 138 valence electrons. The number of esters is 1. The van der Waals surface area contributed by atoms with Crippen molar-refractivity contribution >= 4 is 40.0 Å². The van der Waals surface area contributed by atoms with Gasteiger partial charge in [-0.1, -0.05) is 0 Å². The summed E-state index contributed by atoms with van der Waals surface area (Å²) < 4.78 is 8.79. The van der Waals surface area contributed by atoms with Crippen molar-refractivity contribution in [1.29, 1.82) is 0 Å². The summed E-state index contributed by atoms with van der Waals surface area (Å²) in [7, 11) is 1.85. The minimum atomic E-state index is -0.281. The molecule has 4 aromatic heterocycles. The van der Waals surface area contributed by atoms with Gasteiger partial charge >= 0.3 is 5.97 Å². The third-order valence-corrected chi connectivity index (χ3v) is 4.98. The third-order valence-electron chi connectivity index (χ3n) is 3.93. The topological polar surface area (TPSA) is 86.9 Å². The van der Waals surface area contributed by atoms with E-state index in [2.05, 4.69) is 20.4 Å². The van der Waals surface area contributed by atoms with E-state index < -0.39 is 0 Å². The van der Waals surface area contributed by atoms with Crippen molar-refractivity contribution < 1.29 is 9.53 Å². The number of nitrogens with one attached hydrogen (secondary N) is 1. The number of hydrogen-bond donors (Lipinski definition) is 1. The Morgan fingerprint density at radius 1 is 1.30 bits per heavy atom. The van der Waals surface area contributed by atoms with E-state index in [4.69, 9.17) is 4.74 Å². The number of thiophene rings is 1. The van der Waals surface area contributed by atoms with Gasteiger partial charge in [0.1, 0.15) is 10.5 Å². The van der Waals surface area contributed by atoms with Gasteiger partial charge in [0.05, 0.1) is 25.0 Å². The maximum absolute atomic E-state index is 11.8. The van der Waals surface area contributed by atoms with Crippen LogP contribution in [0.3, 0.4) is 0 Å². The average Bonchev–Trinajstić information content (AvgIpc) is 3.37. The van der Waals surface area contributed by atoms with Gasteiger partial charge in [0, 0.05) is 35.9 Å². The molecule has 0 aromatic carbocycles. The van der Waals surface area contributed by atoms with Crippen LogP contribution in [-0.2, 0) is 18.3 Å². The van der Waals surface area contributed by atoms with Crippen molar-refractivity contribution in [2.75, 3.05) is 11.9 Å². The molecule has 0 aliphatic carbocycles. The van der Waals surface area contributed by atoms with Gasteiger partial charge in [-0.25, -0.2) is 9.78 Å². The second kappa shape index (κ2) is 7.20. The Morgan fingerprint density at radius 2 is 2.19 bits per heavy atom. The summed E-state index contributed by atoms with van der Waals surface area (Å²) >= 11 is 1.43. The molecule has 1 N–H and O–H groups in total. The van der Waals surface area contributed by atoms with Gasteiger partial charge in [-0.05, 0) is 25.1 Å². The molecule has 0 saturated heterocycles. The van der Waals surface area contributed by atoms with Crippen molar-refractivity contribution in [3.05, 3.63) is 52.7 Å². The van der Waals surface area contributed by atoms with Crippen LogP contribution in [0.4, 0.5) is 11.6 Å². The molecule has 8 nitrogen and oxygen atoms in total. The van der Waals surface area contributed by atoms with Crippen molar-refractivity contribution in [3.63, 3.8) is 0 Å². The number of carbonyl (C=O) groups excluding carboxylic acids is 1. The number of aryl methyl sites for hydroxylation is 1. The van der Waals surface area contributed by atoms with Crippen molar-refractivity contribution in [2.24, 2.45) is 7.05 Å². The van der Waals surface area contributed by atoms with Crippen LogP contribution in [0.2, 0.25) is 0 Å². The van der Waals surface area contributed by atoms with Crippen LogP contribution in [0.25, 0.3) is 11.0 Å². The van der Waals surface area contributed by atoms with E-state index in [-0.39, 0.29) is 5.97 Å². The van der Waals surface area contributed by atoms with Gasteiger partial charge in [-0.2, -0.15) is 10.1 Å². The van der Waals surface area contributed by atoms with Crippen LogP contribution in [0.15, 0.2) is 43.0 Å². The summed E-state index contributed by atoms with van der Waals surface area (Å²) in [6, 6.07) is 5.72. The molecule has 0 fully saturated rings. The predicted molar refractivity (Wildman–Crippen MR) is 103 cm³/mol. The van der Waals surface area contributed by atoms with E-state index in [0.717, 1.165) is 21.6 Å². The summed E-state index contributed by atoms with van der Waals surface area (Å²) in [5.41, 5.74) is 1.65. The molecule has 4 heterocycles. The quantitative estimate of drug-likeness (QED) is 0.515. The van der Waals surface area contributed by atoms with Gasteiger partial charge < -0.3 is 14.6 Å². The normalized spacial score (nSPS) is 11.0. The summed E-state index contributed by atoms with van der Waals surface area (Å²) in [4.78, 5) is 22.5. The molecule has 9 heteroatoms. The van der Waals surface area contributed by atoms with E-state index in [9.17, 15) is 4.79 Å². The second-order valence-electron chi connectivity index (χ2n) is 5.93. The number of anilines is 2. The van der Waals surface area contributed by atoms with Gasteiger partial charge in [-0.15, -0.1) is 11.3 Å². The van der Waals surface area contributed by atoms with Crippen LogP contribution >= 0.6 is 11.3 Å². The lowest BCUT2D eigenvalue weighted by molar-refractivity contribution is 0.0532. The van der Waals surface area contributed by atoms with E-state index in [0.29, 0.717) is 24.0 Å². The second-order valence-corrected chi connectivity index (χ2v) is 7.10. The Kier molecular flexibility index (Phi) is 4.59. The molecule has 0 amide bonds. The molecular weight excluding hydrogens is 364 g/mol. The summed E-state index contributed by atoms with van der Waals surface area (Å²) in [5, 5.41) is 8.23. The van der Waals surface area contributed by atoms with Crippen molar-refractivity contribution in [1.82, 2.24) is 24.3 Å². The van der Waals surface area contributed by atoms with E-state index in [1.165, 1.54) is 11.3 Å². The molecule has 4 rings (SSSR count). The highest BCUT2D eigenvalue weighted by atomic mass is 32.1. The van der Waals surface area contributed by atoms with Gasteiger partial charge in [0.25, 0.3) is 0 Å². The zero-order chi connectivity index (χ0) is 18.8. The minimum absolute atomic E-state index is 0.281. The van der Waals surface area contributed by atoms with E-state index in [1.54, 1.807) is 30.1 Å². The van der Waals surface area contributed by atoms with Gasteiger partial charge in [0.2, 0.25) is 5.95 Å². The molecule has 4 aromatic rings. The van der Waals surface area contributed by atoms with Crippen LogP contribution in [0, 0.1) is 0 Å². The summed E-state index contributed by atoms with van der Waals surface area (Å²) in [6.07, 6.45) is 7.33. The average molecular weight is 382 g/mol. The summed E-state index contributed by atoms with van der Waals surface area (Å²) in [6.45, 7) is 2.80. The number of nitrogens with zero attached hydrogens (tertiary/aromatic N) is 5. The molecule has 0 saturated carbocycles. The highest BCUT2D eigenvalue weighted by molar-refractivity contribution is 7.13. The Bertz CT molecular complexity index is 1100. The number of rotatable bonds is 6. The maximum Gasteiger partial charge on any atom is 0.348 e. The third kappa shape index (κ3) is 3.68. The Morgan fingerprint density at radius 3 is 2.96 bits per heavy atom. The summed E-state index contributed by atoms with van der Waals surface area (Å²) in [5.74, 6) is 0.227. The van der Waals surface area contributed by atoms with Crippen LogP contribution in [0.1, 0.15) is 21.5 Å². The molecule has 0 atom stereocenters. The highest BCUT2D eigenvalue weighted by Crippen LogP contribution is 2.22. The fourth-order valence-electron chi connectivity index (χ4n) is 2.72. The zero-order valence-electron chi connectivity index (χ0n) is 14.9. The molecule has 0 unspecified atom stereocenters. The smallest absolute Gasteiger partial charge is 0.348 e. The molecule has 0 spiro atoms. The van der Waals surface area contributed by atoms with Crippen LogP contribution in [-0.4, -0.2) is 36.9 Å². The van der Waals surface area contributed by atoms with Crippen LogP contribution in [0.5, 0.6) is 0 Å². The Balaban J connectivity index is 1.57. The van der Waals surface area contributed by atoms with Crippen LogP contribution < -0.4 is 5.32 Å². The highest BCUT2D eigenvalue weighted by Gasteiger charge is 2.12. The van der Waals surface area contributed by atoms with E-state index in [1.807, 2.05) is 36.1 Å². The first-order chi connectivity index (χ1) is 13.1. The van der Waals surface area contributed by atoms with Gasteiger partial charge in [-0.3, -0.25) is 4.68 Å². The van der Waals surface area contributed by atoms with Crippen molar-refractivity contribution in [3.8, 4) is 0 Å². The van der Waals surface area contributed by atoms with E-state index >= 15 is 0 Å². The number of ether oxygens (including phenoxy) is 1. The Labute approximate surface area is 159 Å². The van der Waals surface area contributed by atoms with Crippen molar-refractivity contribution in [2.45, 2.75) is 13.5 Å². The number of fused-ring (bicyclic) bond motifs is 1. The van der Waals surface area contributed by atoms with Gasteiger partial charge in [0.15, 0.2) is 0 Å². The lowest BCUT2D eigenvalue weighted by Crippen LogP contribution is -2.02. The number of hydrogen-bond acceptors (Lipinski definition) is 7. The number of aromatic nitrogens is 5. The first-order valence-electron chi connectivity index (χ1n) is 8.46. The zero-order valence-corrected chi connectivity index (χ0v) is 15.7. The molecule has 0 radical (unpaired) electrons. The molecule has 27 heavy (non-hydrogen) atoms. The first-order valence-corrected chi connectivity index (χ1v) is 9.27. The lowest BCUT2D eigenvalue weighted by atomic mass is 10.4. The largest absolute Gasteiger partial charge is 0.462 e. The molecule has 0 aliphatic rings. The molecular formula is C18H18N6O2S. The minimum Gasteiger partial charge on any atom is -0.462 e. The fraction of sp³-hybridized carbons (Fsp3) is 0.222. The predicted octanol–water partition coefficient (Wildman–Crippen LogP) is 3.19. The first kappa shape index (κ1) is 17.2. The fourth-order valence-corrected chi connectivity index (χ4v) is 3.62. The SMILES string of the molecule is CCOC(=O)c1ccc(Cn2ccc3cnc(Nc4cnn(C)c4)nc32)s1. The standard InChI is InChI=1S/C18H18N6O2S/c1-3-26-17(25)15-5-4-14(27-15)11-24-7-6-12-8-19-18(22-16(12)24)21-13-9-20-23(2)10-13/h4-10H,3,11H2,1-2H3,(H,19,21,22). The Hall–Kier alpha value is -3.20. The maximum atomic E-state index is 11.8. The monoisotopic (exact) mass is 382 g/mol. The number of carbonyl (C=O) groups is 1. The molecule has 0 aliphatic heterocycles.